The number of carbonyl (C=O) groups is 1. The fourth-order valence-electron chi connectivity index (χ4n) is 2.69. The van der Waals surface area contributed by atoms with Crippen LogP contribution in [0.1, 0.15) is 27.2 Å². The Hall–Kier alpha value is -2.90. The van der Waals surface area contributed by atoms with Gasteiger partial charge in [-0.05, 0) is 48.2 Å². The van der Waals surface area contributed by atoms with Crippen LogP contribution in [0.2, 0.25) is 0 Å². The standard InChI is InChI=1S/C17H12F4N2O2/c18-13-5-4-12(17(19,20)21)9-11(13)2-1-10-3-6-14-22-7-8-23(14)15(10)16(24)25/h3-9H,1-2H2,(H,24,25). The number of aromatic nitrogens is 2. The van der Waals surface area contributed by atoms with E-state index in [0.29, 0.717) is 17.3 Å². The summed E-state index contributed by atoms with van der Waals surface area (Å²) in [6.45, 7) is 0. The Kier molecular flexibility index (Phi) is 4.20. The molecule has 0 saturated heterocycles. The van der Waals surface area contributed by atoms with Crippen LogP contribution in [0.3, 0.4) is 0 Å². The van der Waals surface area contributed by atoms with E-state index < -0.39 is 23.5 Å². The van der Waals surface area contributed by atoms with Crippen LogP contribution in [0.4, 0.5) is 17.6 Å². The van der Waals surface area contributed by atoms with E-state index in [1.54, 1.807) is 6.07 Å². The third-order valence-electron chi connectivity index (χ3n) is 3.89. The molecule has 2 aromatic heterocycles. The van der Waals surface area contributed by atoms with Crippen LogP contribution < -0.4 is 0 Å². The van der Waals surface area contributed by atoms with Crippen molar-refractivity contribution in [3.8, 4) is 0 Å². The van der Waals surface area contributed by atoms with Crippen molar-refractivity contribution in [1.29, 1.82) is 0 Å². The van der Waals surface area contributed by atoms with Crippen molar-refractivity contribution in [3.05, 3.63) is 70.9 Å². The summed E-state index contributed by atoms with van der Waals surface area (Å²) in [5.41, 5.74) is -0.270. The van der Waals surface area contributed by atoms with Gasteiger partial charge in [-0.3, -0.25) is 4.40 Å². The minimum Gasteiger partial charge on any atom is -0.477 e. The number of aromatic carboxylic acids is 1. The largest absolute Gasteiger partial charge is 0.477 e. The van der Waals surface area contributed by atoms with E-state index in [2.05, 4.69) is 4.98 Å². The Morgan fingerprint density at radius 1 is 1.12 bits per heavy atom. The number of halogens is 4. The van der Waals surface area contributed by atoms with E-state index in [1.165, 1.54) is 22.9 Å². The molecule has 0 aliphatic heterocycles. The first-order valence-electron chi connectivity index (χ1n) is 7.31. The molecule has 0 spiro atoms. The van der Waals surface area contributed by atoms with Gasteiger partial charge in [0.15, 0.2) is 0 Å². The van der Waals surface area contributed by atoms with Crippen LogP contribution in [0.15, 0.2) is 42.7 Å². The maximum absolute atomic E-state index is 13.8. The molecule has 0 fully saturated rings. The average molecular weight is 352 g/mol. The van der Waals surface area contributed by atoms with Crippen LogP contribution in [0, 0.1) is 5.82 Å². The second-order valence-corrected chi connectivity index (χ2v) is 5.47. The number of imidazole rings is 1. The molecular formula is C17H12F4N2O2. The summed E-state index contributed by atoms with van der Waals surface area (Å²) < 4.78 is 53.5. The van der Waals surface area contributed by atoms with Gasteiger partial charge in [0.2, 0.25) is 0 Å². The SMILES string of the molecule is O=C(O)c1c(CCc2cc(C(F)(F)F)ccc2F)ccc2nccn12. The monoisotopic (exact) mass is 352 g/mol. The lowest BCUT2D eigenvalue weighted by atomic mass is 10.0. The molecule has 130 valence electrons. The normalized spacial score (nSPS) is 11.8. The number of benzene rings is 1. The molecule has 2 heterocycles. The third kappa shape index (κ3) is 3.33. The van der Waals surface area contributed by atoms with Gasteiger partial charge in [-0.15, -0.1) is 0 Å². The first-order chi connectivity index (χ1) is 11.8. The molecule has 8 heteroatoms. The number of aryl methyl sites for hydroxylation is 2. The average Bonchev–Trinajstić information content (AvgIpc) is 3.00. The number of carboxylic acids is 1. The molecule has 0 bridgehead atoms. The number of nitrogens with zero attached hydrogens (tertiary/aromatic N) is 2. The summed E-state index contributed by atoms with van der Waals surface area (Å²) in [5, 5.41) is 9.41. The van der Waals surface area contributed by atoms with Crippen LogP contribution in [0.25, 0.3) is 5.65 Å². The molecule has 3 aromatic rings. The fraction of sp³-hybridized carbons (Fsp3) is 0.176. The van der Waals surface area contributed by atoms with Crippen LogP contribution in [-0.4, -0.2) is 20.5 Å². The van der Waals surface area contributed by atoms with Crippen molar-refractivity contribution in [3.63, 3.8) is 0 Å². The highest BCUT2D eigenvalue weighted by molar-refractivity contribution is 5.88. The summed E-state index contributed by atoms with van der Waals surface area (Å²) in [4.78, 5) is 15.5. The van der Waals surface area contributed by atoms with E-state index in [4.69, 9.17) is 0 Å². The van der Waals surface area contributed by atoms with Gasteiger partial charge >= 0.3 is 12.1 Å². The number of hydrogen-bond donors (Lipinski definition) is 1. The third-order valence-corrected chi connectivity index (χ3v) is 3.89. The summed E-state index contributed by atoms with van der Waals surface area (Å²) in [7, 11) is 0. The molecule has 0 aliphatic carbocycles. The number of alkyl halides is 3. The Balaban J connectivity index is 1.93. The van der Waals surface area contributed by atoms with Gasteiger partial charge in [0, 0.05) is 12.4 Å². The van der Waals surface area contributed by atoms with Crippen molar-refractivity contribution < 1.29 is 27.5 Å². The molecule has 1 N–H and O–H groups in total. The number of carboxylic acid groups (broad SMARTS) is 1. The lowest BCUT2D eigenvalue weighted by molar-refractivity contribution is -0.137. The second kappa shape index (κ2) is 6.19. The van der Waals surface area contributed by atoms with Gasteiger partial charge in [-0.2, -0.15) is 13.2 Å². The molecule has 0 amide bonds. The Labute approximate surface area is 139 Å². The molecule has 1 aromatic carbocycles. The highest BCUT2D eigenvalue weighted by atomic mass is 19.4. The molecule has 25 heavy (non-hydrogen) atoms. The highest BCUT2D eigenvalue weighted by Crippen LogP contribution is 2.30. The minimum atomic E-state index is -4.57. The fourth-order valence-corrected chi connectivity index (χ4v) is 2.69. The zero-order valence-corrected chi connectivity index (χ0v) is 12.7. The van der Waals surface area contributed by atoms with E-state index in [9.17, 15) is 27.5 Å². The predicted molar refractivity (Wildman–Crippen MR) is 81.0 cm³/mol. The summed E-state index contributed by atoms with van der Waals surface area (Å²) >= 11 is 0. The molecule has 4 nitrogen and oxygen atoms in total. The summed E-state index contributed by atoms with van der Waals surface area (Å²) in [6, 6.07) is 5.35. The summed E-state index contributed by atoms with van der Waals surface area (Å²) in [5.74, 6) is -1.95. The zero-order chi connectivity index (χ0) is 18.2. The Morgan fingerprint density at radius 2 is 1.84 bits per heavy atom. The second-order valence-electron chi connectivity index (χ2n) is 5.47. The molecule has 3 rings (SSSR count). The predicted octanol–water partition coefficient (Wildman–Crippen LogP) is 3.98. The van der Waals surface area contributed by atoms with Gasteiger partial charge in [0.05, 0.1) is 5.56 Å². The van der Waals surface area contributed by atoms with Gasteiger partial charge in [0.25, 0.3) is 0 Å². The molecule has 0 aliphatic rings. The van der Waals surface area contributed by atoms with E-state index in [1.807, 2.05) is 0 Å². The molecule has 0 saturated carbocycles. The molecule has 0 atom stereocenters. The Bertz CT molecular complexity index is 947. The maximum Gasteiger partial charge on any atom is 0.416 e. The summed E-state index contributed by atoms with van der Waals surface area (Å²) in [6.07, 6.45) is -1.63. The quantitative estimate of drug-likeness (QED) is 0.723. The lowest BCUT2D eigenvalue weighted by Crippen LogP contribution is -2.11. The van der Waals surface area contributed by atoms with E-state index in [0.717, 1.165) is 12.1 Å². The lowest BCUT2D eigenvalue weighted by Gasteiger charge is -2.11. The van der Waals surface area contributed by atoms with Crippen molar-refractivity contribution in [1.82, 2.24) is 9.38 Å². The van der Waals surface area contributed by atoms with Gasteiger partial charge < -0.3 is 5.11 Å². The molecule has 0 radical (unpaired) electrons. The molecule has 0 unspecified atom stereocenters. The van der Waals surface area contributed by atoms with Crippen molar-refractivity contribution in [2.45, 2.75) is 19.0 Å². The molecular weight excluding hydrogens is 340 g/mol. The highest BCUT2D eigenvalue weighted by Gasteiger charge is 2.31. The number of fused-ring (bicyclic) bond motifs is 1. The van der Waals surface area contributed by atoms with Crippen LogP contribution in [0.5, 0.6) is 0 Å². The van der Waals surface area contributed by atoms with Crippen molar-refractivity contribution in [2.24, 2.45) is 0 Å². The van der Waals surface area contributed by atoms with Crippen molar-refractivity contribution >= 4 is 11.6 Å². The van der Waals surface area contributed by atoms with Crippen LogP contribution >= 0.6 is 0 Å². The number of pyridine rings is 1. The van der Waals surface area contributed by atoms with Gasteiger partial charge in [-0.1, -0.05) is 6.07 Å². The maximum atomic E-state index is 13.8. The van der Waals surface area contributed by atoms with E-state index >= 15 is 0 Å². The number of hydrogen-bond acceptors (Lipinski definition) is 2. The first-order valence-corrected chi connectivity index (χ1v) is 7.31. The van der Waals surface area contributed by atoms with Crippen molar-refractivity contribution in [2.75, 3.05) is 0 Å². The Morgan fingerprint density at radius 3 is 2.52 bits per heavy atom. The smallest absolute Gasteiger partial charge is 0.416 e. The topological polar surface area (TPSA) is 54.6 Å². The van der Waals surface area contributed by atoms with Crippen LogP contribution in [-0.2, 0) is 19.0 Å². The zero-order valence-electron chi connectivity index (χ0n) is 12.7. The number of rotatable bonds is 4. The van der Waals surface area contributed by atoms with Gasteiger partial charge in [0.1, 0.15) is 17.2 Å². The minimum absolute atomic E-state index is 0.0395. The van der Waals surface area contributed by atoms with Gasteiger partial charge in [-0.25, -0.2) is 14.2 Å². The first kappa shape index (κ1) is 16.9. The van der Waals surface area contributed by atoms with E-state index in [-0.39, 0.29) is 24.1 Å².